The summed E-state index contributed by atoms with van der Waals surface area (Å²) in [7, 11) is 1.57. The van der Waals surface area contributed by atoms with Crippen LogP contribution in [0.15, 0.2) is 89.7 Å². The zero-order valence-corrected chi connectivity index (χ0v) is 19.6. The molecule has 1 saturated heterocycles. The lowest BCUT2D eigenvalue weighted by atomic mass is 10.0. The lowest BCUT2D eigenvalue weighted by molar-refractivity contribution is 0.0631. The number of hydrogen-bond donors (Lipinski definition) is 2. The maximum absolute atomic E-state index is 14.0. The quantitative estimate of drug-likeness (QED) is 0.454. The third-order valence-electron chi connectivity index (χ3n) is 6.41. The normalized spacial score (nSPS) is 15.7. The van der Waals surface area contributed by atoms with E-state index in [9.17, 15) is 9.59 Å². The first-order chi connectivity index (χ1) is 17.2. The number of ether oxygens (including phenoxy) is 1. The Morgan fingerprint density at radius 2 is 1.66 bits per heavy atom. The molecule has 1 aliphatic heterocycles. The van der Waals surface area contributed by atoms with Gasteiger partial charge >= 0.3 is 5.69 Å². The third-order valence-corrected chi connectivity index (χ3v) is 6.41. The number of imidazole rings is 1. The fourth-order valence-electron chi connectivity index (χ4n) is 4.74. The van der Waals surface area contributed by atoms with E-state index < -0.39 is 0 Å². The van der Waals surface area contributed by atoms with Gasteiger partial charge in [-0.25, -0.2) is 4.79 Å². The molecule has 1 unspecified atom stereocenters. The first-order valence-electron chi connectivity index (χ1n) is 11.8. The van der Waals surface area contributed by atoms with Gasteiger partial charge in [0.25, 0.3) is 5.91 Å². The Labute approximate surface area is 204 Å². The van der Waals surface area contributed by atoms with Gasteiger partial charge in [-0.15, -0.1) is 0 Å². The van der Waals surface area contributed by atoms with Crippen molar-refractivity contribution in [3.05, 3.63) is 107 Å². The zero-order chi connectivity index (χ0) is 24.2. The number of carbonyl (C=O) groups excluding carboxylic acids is 1. The molecule has 1 aliphatic rings. The summed E-state index contributed by atoms with van der Waals surface area (Å²) >= 11 is 0. The van der Waals surface area contributed by atoms with Crippen LogP contribution in [0.1, 0.15) is 16.1 Å². The molecule has 0 aliphatic carbocycles. The van der Waals surface area contributed by atoms with Crippen LogP contribution in [0.5, 0.6) is 5.75 Å². The summed E-state index contributed by atoms with van der Waals surface area (Å²) < 4.78 is 7.08. The van der Waals surface area contributed by atoms with Gasteiger partial charge in [0.2, 0.25) is 0 Å². The fourth-order valence-corrected chi connectivity index (χ4v) is 4.74. The standard InChI is InChI=1S/C28H28N4O3/c1-35-24-15-9-8-14-23(24)32-26(21-12-6-3-7-13-21)25(30-28(32)34)27(33)31-17-16-29-19-22(31)18-20-10-4-2-5-11-20/h2-15,22,29H,16-19H2,1H3,(H,30,34). The number of hydrogen-bond acceptors (Lipinski definition) is 4. The molecule has 0 bridgehead atoms. The highest BCUT2D eigenvalue weighted by molar-refractivity contribution is 5.99. The predicted molar refractivity (Wildman–Crippen MR) is 136 cm³/mol. The smallest absolute Gasteiger partial charge is 0.331 e. The largest absolute Gasteiger partial charge is 0.495 e. The van der Waals surface area contributed by atoms with Crippen molar-refractivity contribution in [3.63, 3.8) is 0 Å². The Balaban J connectivity index is 1.61. The molecule has 7 heteroatoms. The van der Waals surface area contributed by atoms with Crippen molar-refractivity contribution in [3.8, 4) is 22.7 Å². The van der Waals surface area contributed by atoms with Crippen LogP contribution < -0.4 is 15.7 Å². The van der Waals surface area contributed by atoms with E-state index in [0.29, 0.717) is 36.8 Å². The molecule has 3 aromatic carbocycles. The summed E-state index contributed by atoms with van der Waals surface area (Å²) in [6.07, 6.45) is 0.734. The van der Waals surface area contributed by atoms with E-state index in [1.807, 2.05) is 71.6 Å². The van der Waals surface area contributed by atoms with Gasteiger partial charge in [0.05, 0.1) is 18.5 Å². The first-order valence-corrected chi connectivity index (χ1v) is 11.8. The minimum atomic E-state index is -0.383. The number of nitrogens with one attached hydrogen (secondary N) is 2. The van der Waals surface area contributed by atoms with Crippen LogP contribution in [-0.4, -0.2) is 53.1 Å². The van der Waals surface area contributed by atoms with Crippen molar-refractivity contribution in [2.45, 2.75) is 12.5 Å². The number of piperazine rings is 1. The second-order valence-electron chi connectivity index (χ2n) is 8.57. The number of methoxy groups -OCH3 is 1. The Bertz CT molecular complexity index is 1360. The van der Waals surface area contributed by atoms with Gasteiger partial charge in [-0.05, 0) is 24.1 Å². The summed E-state index contributed by atoms with van der Waals surface area (Å²) in [5.74, 6) is 0.367. The van der Waals surface area contributed by atoms with Crippen LogP contribution in [0.3, 0.4) is 0 Å². The van der Waals surface area contributed by atoms with E-state index in [2.05, 4.69) is 22.4 Å². The number of rotatable bonds is 6. The van der Waals surface area contributed by atoms with E-state index in [4.69, 9.17) is 4.74 Å². The molecule has 4 aromatic rings. The zero-order valence-electron chi connectivity index (χ0n) is 19.6. The SMILES string of the molecule is COc1ccccc1-n1c(-c2ccccc2)c(C(=O)N2CCNCC2Cc2ccccc2)[nH]c1=O. The highest BCUT2D eigenvalue weighted by atomic mass is 16.5. The van der Waals surface area contributed by atoms with Crippen molar-refractivity contribution >= 4 is 5.91 Å². The van der Waals surface area contributed by atoms with Gasteiger partial charge in [0.1, 0.15) is 11.4 Å². The Kier molecular flexibility index (Phi) is 6.50. The van der Waals surface area contributed by atoms with Crippen LogP contribution in [0.25, 0.3) is 16.9 Å². The van der Waals surface area contributed by atoms with Gasteiger partial charge < -0.3 is 19.9 Å². The summed E-state index contributed by atoms with van der Waals surface area (Å²) in [5.41, 5.74) is 2.95. The van der Waals surface area contributed by atoms with Crippen molar-refractivity contribution in [1.29, 1.82) is 0 Å². The number of amides is 1. The molecule has 0 radical (unpaired) electrons. The maximum Gasteiger partial charge on any atom is 0.331 e. The molecule has 7 nitrogen and oxygen atoms in total. The average Bonchev–Trinajstić information content (AvgIpc) is 3.26. The van der Waals surface area contributed by atoms with Gasteiger partial charge in [-0.1, -0.05) is 72.8 Å². The van der Waals surface area contributed by atoms with Crippen molar-refractivity contribution < 1.29 is 9.53 Å². The number of H-pyrrole nitrogens is 1. The summed E-state index contributed by atoms with van der Waals surface area (Å²) in [6.45, 7) is 1.96. The first kappa shape index (κ1) is 22.7. The molecular weight excluding hydrogens is 440 g/mol. The van der Waals surface area contributed by atoms with Crippen LogP contribution in [-0.2, 0) is 6.42 Å². The van der Waals surface area contributed by atoms with Gasteiger partial charge in [0.15, 0.2) is 0 Å². The Morgan fingerprint density at radius 1 is 0.971 bits per heavy atom. The molecule has 35 heavy (non-hydrogen) atoms. The summed E-state index contributed by atoms with van der Waals surface area (Å²) in [5, 5.41) is 3.41. The topological polar surface area (TPSA) is 79.4 Å². The lowest BCUT2D eigenvalue weighted by Gasteiger charge is -2.36. The molecule has 1 amide bonds. The monoisotopic (exact) mass is 468 g/mol. The number of para-hydroxylation sites is 2. The van der Waals surface area contributed by atoms with Gasteiger partial charge in [-0.2, -0.15) is 0 Å². The molecule has 1 atom stereocenters. The number of aromatic amines is 1. The number of nitrogens with zero attached hydrogens (tertiary/aromatic N) is 2. The molecule has 0 spiro atoms. The van der Waals surface area contributed by atoms with Crippen molar-refractivity contribution in [2.24, 2.45) is 0 Å². The number of benzene rings is 3. The van der Waals surface area contributed by atoms with E-state index in [0.717, 1.165) is 12.0 Å². The predicted octanol–water partition coefficient (Wildman–Crippen LogP) is 3.50. The maximum atomic E-state index is 14.0. The van der Waals surface area contributed by atoms with Crippen LogP contribution in [0, 0.1) is 0 Å². The lowest BCUT2D eigenvalue weighted by Crippen LogP contribution is -2.54. The third kappa shape index (κ3) is 4.50. The summed E-state index contributed by atoms with van der Waals surface area (Å²) in [4.78, 5) is 32.1. The van der Waals surface area contributed by atoms with E-state index in [1.54, 1.807) is 13.2 Å². The molecular formula is C28H28N4O3. The fraction of sp³-hybridized carbons (Fsp3) is 0.214. The highest BCUT2D eigenvalue weighted by Gasteiger charge is 2.32. The number of carbonyl (C=O) groups is 1. The molecule has 1 aromatic heterocycles. The molecule has 178 valence electrons. The Morgan fingerprint density at radius 3 is 2.40 bits per heavy atom. The van der Waals surface area contributed by atoms with Crippen LogP contribution >= 0.6 is 0 Å². The van der Waals surface area contributed by atoms with E-state index in [1.165, 1.54) is 10.1 Å². The summed E-state index contributed by atoms with van der Waals surface area (Å²) in [6, 6.07) is 27.0. The highest BCUT2D eigenvalue weighted by Crippen LogP contribution is 2.30. The second kappa shape index (κ2) is 10.0. The number of aromatic nitrogens is 2. The van der Waals surface area contributed by atoms with Gasteiger partial charge in [0, 0.05) is 31.2 Å². The molecule has 2 N–H and O–H groups in total. The average molecular weight is 469 g/mol. The second-order valence-corrected chi connectivity index (χ2v) is 8.57. The van der Waals surface area contributed by atoms with Gasteiger partial charge in [-0.3, -0.25) is 9.36 Å². The molecule has 0 saturated carbocycles. The van der Waals surface area contributed by atoms with Crippen LogP contribution in [0.4, 0.5) is 0 Å². The minimum absolute atomic E-state index is 0.0274. The molecule has 2 heterocycles. The minimum Gasteiger partial charge on any atom is -0.495 e. The Hall–Kier alpha value is -4.10. The van der Waals surface area contributed by atoms with E-state index in [-0.39, 0.29) is 23.3 Å². The van der Waals surface area contributed by atoms with Crippen molar-refractivity contribution in [1.82, 2.24) is 19.8 Å². The molecule has 1 fully saturated rings. The van der Waals surface area contributed by atoms with Crippen molar-refractivity contribution in [2.75, 3.05) is 26.7 Å². The van der Waals surface area contributed by atoms with E-state index >= 15 is 0 Å². The molecule has 5 rings (SSSR count). The van der Waals surface area contributed by atoms with Crippen LogP contribution in [0.2, 0.25) is 0 Å².